The average Bonchev–Trinajstić information content (AvgIpc) is 2.22. The van der Waals surface area contributed by atoms with E-state index in [0.717, 1.165) is 25.9 Å². The first-order valence-corrected chi connectivity index (χ1v) is 5.52. The summed E-state index contributed by atoms with van der Waals surface area (Å²) in [6.07, 6.45) is 2.61. The molecule has 0 radical (unpaired) electrons. The number of β-amino-alcohol motifs (C(OH)–C–C–N with tert-alkyl or cyclic N) is 1. The highest BCUT2D eigenvalue weighted by atomic mass is 16.3. The monoisotopic (exact) mass is 211 g/mol. The summed E-state index contributed by atoms with van der Waals surface area (Å²) in [5.41, 5.74) is -0.00993. The summed E-state index contributed by atoms with van der Waals surface area (Å²) in [5, 5.41) is 17.9. The zero-order valence-corrected chi connectivity index (χ0v) is 9.74. The summed E-state index contributed by atoms with van der Waals surface area (Å²) < 4.78 is 0. The standard InChI is InChI=1S/C11H21N3O/c1-13-7-4-11(3-6-12,5-8-13)14(2)9-10-15/h15H,3-5,7-10H2,1-2H3. The SMILES string of the molecule is CN1CCC(CC#N)(N(C)CCO)CC1. The van der Waals surface area contributed by atoms with Crippen LogP contribution in [0.15, 0.2) is 0 Å². The van der Waals surface area contributed by atoms with Crippen LogP contribution >= 0.6 is 0 Å². The quantitative estimate of drug-likeness (QED) is 0.726. The van der Waals surface area contributed by atoms with Crippen molar-refractivity contribution in [1.29, 1.82) is 5.26 Å². The van der Waals surface area contributed by atoms with Crippen LogP contribution in [0.4, 0.5) is 0 Å². The van der Waals surface area contributed by atoms with E-state index < -0.39 is 0 Å². The molecular formula is C11H21N3O. The lowest BCUT2D eigenvalue weighted by atomic mass is 9.83. The molecule has 0 amide bonds. The molecule has 0 saturated carbocycles. The van der Waals surface area contributed by atoms with Crippen molar-refractivity contribution in [2.24, 2.45) is 0 Å². The maximum absolute atomic E-state index is 8.97. The lowest BCUT2D eigenvalue weighted by Crippen LogP contribution is -2.53. The van der Waals surface area contributed by atoms with Gasteiger partial charge in [0, 0.05) is 12.1 Å². The molecule has 1 aliphatic rings. The Balaban J connectivity index is 2.66. The summed E-state index contributed by atoms with van der Waals surface area (Å²) in [6, 6.07) is 2.29. The van der Waals surface area contributed by atoms with E-state index in [4.69, 9.17) is 10.4 Å². The van der Waals surface area contributed by atoms with E-state index in [1.54, 1.807) is 0 Å². The summed E-state index contributed by atoms with van der Waals surface area (Å²) in [6.45, 7) is 2.90. The van der Waals surface area contributed by atoms with Crippen LogP contribution in [0.2, 0.25) is 0 Å². The Morgan fingerprint density at radius 1 is 1.47 bits per heavy atom. The van der Waals surface area contributed by atoms with Crippen molar-refractivity contribution in [2.75, 3.05) is 40.3 Å². The highest BCUT2D eigenvalue weighted by Crippen LogP contribution is 2.30. The fourth-order valence-electron chi connectivity index (χ4n) is 2.26. The molecular weight excluding hydrogens is 190 g/mol. The van der Waals surface area contributed by atoms with E-state index in [1.807, 2.05) is 7.05 Å². The molecule has 1 rings (SSSR count). The van der Waals surface area contributed by atoms with Crippen LogP contribution < -0.4 is 0 Å². The van der Waals surface area contributed by atoms with Gasteiger partial charge in [0.25, 0.3) is 0 Å². The van der Waals surface area contributed by atoms with Gasteiger partial charge in [-0.05, 0) is 40.0 Å². The molecule has 86 valence electrons. The smallest absolute Gasteiger partial charge is 0.0641 e. The van der Waals surface area contributed by atoms with Crippen molar-refractivity contribution in [1.82, 2.24) is 9.80 Å². The first-order valence-electron chi connectivity index (χ1n) is 5.52. The minimum absolute atomic E-state index is 0.00993. The van der Waals surface area contributed by atoms with Gasteiger partial charge in [0.15, 0.2) is 0 Å². The van der Waals surface area contributed by atoms with Crippen molar-refractivity contribution in [3.63, 3.8) is 0 Å². The van der Waals surface area contributed by atoms with Crippen molar-refractivity contribution >= 4 is 0 Å². The van der Waals surface area contributed by atoms with Crippen molar-refractivity contribution in [2.45, 2.75) is 24.8 Å². The molecule has 0 aromatic rings. The molecule has 0 bridgehead atoms. The van der Waals surface area contributed by atoms with Crippen molar-refractivity contribution in [3.8, 4) is 6.07 Å². The lowest BCUT2D eigenvalue weighted by molar-refractivity contribution is 0.0390. The van der Waals surface area contributed by atoms with Crippen LogP contribution in [0.25, 0.3) is 0 Å². The van der Waals surface area contributed by atoms with Gasteiger partial charge in [-0.25, -0.2) is 0 Å². The third-order valence-corrected chi connectivity index (χ3v) is 3.57. The van der Waals surface area contributed by atoms with E-state index in [-0.39, 0.29) is 12.1 Å². The fourth-order valence-corrected chi connectivity index (χ4v) is 2.26. The molecule has 1 fully saturated rings. The molecule has 4 heteroatoms. The number of aliphatic hydroxyl groups excluding tert-OH is 1. The van der Waals surface area contributed by atoms with Crippen molar-refractivity contribution < 1.29 is 5.11 Å². The Labute approximate surface area is 92.1 Å². The molecule has 0 spiro atoms. The van der Waals surface area contributed by atoms with Gasteiger partial charge < -0.3 is 10.0 Å². The number of piperidine rings is 1. The number of nitriles is 1. The van der Waals surface area contributed by atoms with Gasteiger partial charge in [0.05, 0.1) is 19.1 Å². The van der Waals surface area contributed by atoms with Crippen LogP contribution in [0, 0.1) is 11.3 Å². The molecule has 1 saturated heterocycles. The third-order valence-electron chi connectivity index (χ3n) is 3.57. The lowest BCUT2D eigenvalue weighted by Gasteiger charge is -2.45. The predicted octanol–water partition coefficient (Wildman–Crippen LogP) is 0.289. The second-order valence-corrected chi connectivity index (χ2v) is 4.51. The third kappa shape index (κ3) is 2.91. The zero-order valence-electron chi connectivity index (χ0n) is 9.74. The molecule has 0 atom stereocenters. The number of hydrogen-bond acceptors (Lipinski definition) is 4. The summed E-state index contributed by atoms with van der Waals surface area (Å²) in [4.78, 5) is 4.45. The minimum atomic E-state index is -0.00993. The number of nitrogens with zero attached hydrogens (tertiary/aromatic N) is 3. The average molecular weight is 211 g/mol. The van der Waals surface area contributed by atoms with Crippen LogP contribution in [0.5, 0.6) is 0 Å². The fraction of sp³-hybridized carbons (Fsp3) is 0.909. The Bertz CT molecular complexity index is 228. The highest BCUT2D eigenvalue weighted by Gasteiger charge is 2.36. The zero-order chi connectivity index (χ0) is 11.3. The first kappa shape index (κ1) is 12.4. The number of hydrogen-bond donors (Lipinski definition) is 1. The van der Waals surface area contributed by atoms with Crippen molar-refractivity contribution in [3.05, 3.63) is 0 Å². The number of rotatable bonds is 4. The molecule has 0 aromatic heterocycles. The van der Waals surface area contributed by atoms with Gasteiger partial charge in [0.2, 0.25) is 0 Å². The number of likely N-dealkylation sites (tertiary alicyclic amines) is 1. The Hall–Kier alpha value is -0.630. The maximum Gasteiger partial charge on any atom is 0.0641 e. The largest absolute Gasteiger partial charge is 0.395 e. The van der Waals surface area contributed by atoms with Gasteiger partial charge in [-0.1, -0.05) is 0 Å². The second-order valence-electron chi connectivity index (χ2n) is 4.51. The number of aliphatic hydroxyl groups is 1. The van der Waals surface area contributed by atoms with Gasteiger partial charge in [0.1, 0.15) is 0 Å². The predicted molar refractivity (Wildman–Crippen MR) is 59.4 cm³/mol. The molecule has 0 aromatic carbocycles. The molecule has 4 nitrogen and oxygen atoms in total. The van der Waals surface area contributed by atoms with E-state index in [2.05, 4.69) is 22.9 Å². The molecule has 0 aliphatic carbocycles. The first-order chi connectivity index (χ1) is 7.14. The molecule has 1 N–H and O–H groups in total. The normalized spacial score (nSPS) is 21.5. The van der Waals surface area contributed by atoms with E-state index in [1.165, 1.54) is 0 Å². The van der Waals surface area contributed by atoms with Gasteiger partial charge >= 0.3 is 0 Å². The van der Waals surface area contributed by atoms with E-state index in [0.29, 0.717) is 13.0 Å². The summed E-state index contributed by atoms with van der Waals surface area (Å²) in [5.74, 6) is 0. The Morgan fingerprint density at radius 3 is 2.53 bits per heavy atom. The maximum atomic E-state index is 8.97. The molecule has 0 unspecified atom stereocenters. The van der Waals surface area contributed by atoms with E-state index in [9.17, 15) is 0 Å². The van der Waals surface area contributed by atoms with Crippen LogP contribution in [0.1, 0.15) is 19.3 Å². The highest BCUT2D eigenvalue weighted by molar-refractivity contribution is 4.99. The van der Waals surface area contributed by atoms with Crippen LogP contribution in [-0.4, -0.2) is 60.8 Å². The summed E-state index contributed by atoms with van der Waals surface area (Å²) in [7, 11) is 4.13. The topological polar surface area (TPSA) is 50.5 Å². The minimum Gasteiger partial charge on any atom is -0.395 e. The van der Waals surface area contributed by atoms with Crippen LogP contribution in [-0.2, 0) is 0 Å². The Morgan fingerprint density at radius 2 is 2.07 bits per heavy atom. The summed E-state index contributed by atoms with van der Waals surface area (Å²) >= 11 is 0. The molecule has 1 heterocycles. The van der Waals surface area contributed by atoms with Gasteiger partial charge in [-0.2, -0.15) is 5.26 Å². The van der Waals surface area contributed by atoms with Gasteiger partial charge in [-0.3, -0.25) is 4.90 Å². The molecule has 1 aliphatic heterocycles. The molecule has 15 heavy (non-hydrogen) atoms. The Kier molecular flexibility index (Phi) is 4.52. The van der Waals surface area contributed by atoms with Crippen LogP contribution in [0.3, 0.4) is 0 Å². The van der Waals surface area contributed by atoms with Gasteiger partial charge in [-0.15, -0.1) is 0 Å². The van der Waals surface area contributed by atoms with E-state index >= 15 is 0 Å². The number of likely N-dealkylation sites (N-methyl/N-ethyl adjacent to an activating group) is 1. The second kappa shape index (κ2) is 5.45.